The monoisotopic (exact) mass is 301 g/mol. The van der Waals surface area contributed by atoms with Crippen LogP contribution in [0.5, 0.6) is 0 Å². The zero-order valence-corrected chi connectivity index (χ0v) is 13.1. The lowest BCUT2D eigenvalue weighted by Crippen LogP contribution is -2.35. The third kappa shape index (κ3) is 2.26. The molecule has 0 radical (unpaired) electrons. The predicted molar refractivity (Wildman–Crippen MR) is 80.5 cm³/mol. The minimum atomic E-state index is -0.539. The third-order valence-electron chi connectivity index (χ3n) is 3.82. The molecule has 0 saturated carbocycles. The zero-order chi connectivity index (χ0) is 16.1. The lowest BCUT2D eigenvalue weighted by Gasteiger charge is -2.27. The Balaban J connectivity index is 1.91. The van der Waals surface area contributed by atoms with Crippen molar-refractivity contribution in [2.75, 3.05) is 7.11 Å². The molecule has 2 heterocycles. The number of amides is 1. The van der Waals surface area contributed by atoms with Gasteiger partial charge >= 0.3 is 12.1 Å². The Morgan fingerprint density at radius 1 is 1.09 bits per heavy atom. The lowest BCUT2D eigenvalue weighted by atomic mass is 9.95. The average molecular weight is 301 g/mol. The van der Waals surface area contributed by atoms with Crippen LogP contribution in [0.1, 0.15) is 54.3 Å². The van der Waals surface area contributed by atoms with Crippen LogP contribution < -0.4 is 0 Å². The molecule has 2 bridgehead atoms. The normalized spacial score (nSPS) is 21.7. The maximum absolute atomic E-state index is 12.4. The van der Waals surface area contributed by atoms with Gasteiger partial charge in [-0.2, -0.15) is 0 Å². The molecule has 1 aromatic rings. The van der Waals surface area contributed by atoms with Crippen LogP contribution in [0.3, 0.4) is 0 Å². The van der Waals surface area contributed by atoms with Crippen molar-refractivity contribution < 1.29 is 19.1 Å². The number of esters is 1. The SMILES string of the molecule is COC(=O)c1ccc2c(c1)C1C=CC2N1C(=O)OC(C)(C)C. The summed E-state index contributed by atoms with van der Waals surface area (Å²) >= 11 is 0. The van der Waals surface area contributed by atoms with E-state index in [4.69, 9.17) is 9.47 Å². The van der Waals surface area contributed by atoms with Crippen LogP contribution in [0.25, 0.3) is 0 Å². The van der Waals surface area contributed by atoms with E-state index >= 15 is 0 Å². The molecule has 3 rings (SSSR count). The largest absolute Gasteiger partial charge is 0.465 e. The smallest absolute Gasteiger partial charge is 0.411 e. The molecule has 0 spiro atoms. The number of methoxy groups -OCH3 is 1. The van der Waals surface area contributed by atoms with Gasteiger partial charge in [-0.05, 0) is 44.0 Å². The van der Waals surface area contributed by atoms with E-state index in [9.17, 15) is 9.59 Å². The van der Waals surface area contributed by atoms with Gasteiger partial charge in [-0.15, -0.1) is 0 Å². The van der Waals surface area contributed by atoms with Crippen molar-refractivity contribution in [2.45, 2.75) is 38.5 Å². The van der Waals surface area contributed by atoms with Crippen molar-refractivity contribution in [3.63, 3.8) is 0 Å². The van der Waals surface area contributed by atoms with Gasteiger partial charge in [0.25, 0.3) is 0 Å². The zero-order valence-electron chi connectivity index (χ0n) is 13.1. The Labute approximate surface area is 129 Å². The molecule has 2 aliphatic heterocycles. The first-order chi connectivity index (χ1) is 10.3. The van der Waals surface area contributed by atoms with Crippen LogP contribution in [0.4, 0.5) is 4.79 Å². The highest BCUT2D eigenvalue weighted by Gasteiger charge is 2.44. The van der Waals surface area contributed by atoms with Crippen LogP contribution >= 0.6 is 0 Å². The minimum Gasteiger partial charge on any atom is -0.465 e. The fourth-order valence-corrected chi connectivity index (χ4v) is 2.96. The Kier molecular flexibility index (Phi) is 3.24. The van der Waals surface area contributed by atoms with Crippen molar-refractivity contribution in [2.24, 2.45) is 0 Å². The maximum atomic E-state index is 12.4. The highest BCUT2D eigenvalue weighted by Crippen LogP contribution is 2.49. The van der Waals surface area contributed by atoms with Gasteiger partial charge in [-0.1, -0.05) is 18.2 Å². The molecule has 1 aromatic carbocycles. The number of benzene rings is 1. The number of rotatable bonds is 1. The van der Waals surface area contributed by atoms with E-state index in [0.29, 0.717) is 5.56 Å². The number of carbonyl (C=O) groups excluding carboxylic acids is 2. The van der Waals surface area contributed by atoms with E-state index in [-0.39, 0.29) is 24.1 Å². The number of hydrogen-bond acceptors (Lipinski definition) is 4. The summed E-state index contributed by atoms with van der Waals surface area (Å²) in [5.74, 6) is -0.377. The molecule has 116 valence electrons. The molecule has 0 N–H and O–H groups in total. The predicted octanol–water partition coefficient (Wildman–Crippen LogP) is 3.38. The van der Waals surface area contributed by atoms with Gasteiger partial charge in [0, 0.05) is 0 Å². The number of hydrogen-bond donors (Lipinski definition) is 0. The van der Waals surface area contributed by atoms with Crippen molar-refractivity contribution in [3.05, 3.63) is 47.0 Å². The molecule has 22 heavy (non-hydrogen) atoms. The molecule has 2 atom stereocenters. The van der Waals surface area contributed by atoms with Gasteiger partial charge in [0.15, 0.2) is 0 Å². The number of ether oxygens (including phenoxy) is 2. The summed E-state index contributed by atoms with van der Waals surface area (Å²) in [5.41, 5.74) is 1.95. The molecule has 5 heteroatoms. The number of carbonyl (C=O) groups is 2. The molecule has 0 saturated heterocycles. The Morgan fingerprint density at radius 2 is 1.73 bits per heavy atom. The van der Waals surface area contributed by atoms with Crippen molar-refractivity contribution in [3.8, 4) is 0 Å². The quantitative estimate of drug-likeness (QED) is 0.589. The fourth-order valence-electron chi connectivity index (χ4n) is 2.96. The summed E-state index contributed by atoms with van der Waals surface area (Å²) in [6.07, 6.45) is 3.62. The second-order valence-corrected chi connectivity index (χ2v) is 6.50. The molecule has 0 aromatic heterocycles. The van der Waals surface area contributed by atoms with Crippen molar-refractivity contribution in [1.29, 1.82) is 0 Å². The van der Waals surface area contributed by atoms with Crippen LogP contribution in [-0.2, 0) is 9.47 Å². The number of fused-ring (bicyclic) bond motifs is 5. The average Bonchev–Trinajstić information content (AvgIpc) is 3.01. The highest BCUT2D eigenvalue weighted by atomic mass is 16.6. The van der Waals surface area contributed by atoms with Crippen molar-refractivity contribution >= 4 is 12.1 Å². The third-order valence-corrected chi connectivity index (χ3v) is 3.82. The van der Waals surface area contributed by atoms with Crippen LogP contribution in [0, 0.1) is 0 Å². The van der Waals surface area contributed by atoms with E-state index in [2.05, 4.69) is 0 Å². The Morgan fingerprint density at radius 3 is 2.32 bits per heavy atom. The van der Waals surface area contributed by atoms with E-state index in [1.54, 1.807) is 17.0 Å². The van der Waals surface area contributed by atoms with E-state index in [1.165, 1.54) is 7.11 Å². The van der Waals surface area contributed by atoms with Crippen LogP contribution in [0.15, 0.2) is 30.4 Å². The molecular formula is C17H19NO4. The topological polar surface area (TPSA) is 55.8 Å². The minimum absolute atomic E-state index is 0.124. The Hall–Kier alpha value is -2.30. The highest BCUT2D eigenvalue weighted by molar-refractivity contribution is 5.90. The molecule has 0 aliphatic carbocycles. The van der Waals surface area contributed by atoms with Gasteiger partial charge in [-0.3, -0.25) is 4.90 Å². The first kappa shape index (κ1) is 14.6. The Bertz CT molecular complexity index is 672. The van der Waals surface area contributed by atoms with Gasteiger partial charge in [0.05, 0.1) is 24.8 Å². The first-order valence-corrected chi connectivity index (χ1v) is 7.23. The van der Waals surface area contributed by atoms with Gasteiger partial charge in [0.1, 0.15) is 5.60 Å². The van der Waals surface area contributed by atoms with Gasteiger partial charge in [-0.25, -0.2) is 9.59 Å². The van der Waals surface area contributed by atoms with E-state index in [1.807, 2.05) is 39.0 Å². The van der Waals surface area contributed by atoms with E-state index < -0.39 is 5.60 Å². The summed E-state index contributed by atoms with van der Waals surface area (Å²) in [5, 5.41) is 0. The second-order valence-electron chi connectivity index (χ2n) is 6.50. The van der Waals surface area contributed by atoms with Crippen LogP contribution in [0.2, 0.25) is 0 Å². The standard InChI is InChI=1S/C17H19NO4/c1-17(2,3)22-16(20)18-13-7-8-14(18)12-9-10(15(19)21-4)5-6-11(12)13/h5-9,13-14H,1-4H3. The molecular weight excluding hydrogens is 282 g/mol. The summed E-state index contributed by atoms with van der Waals surface area (Å²) in [6.45, 7) is 5.54. The molecule has 2 aliphatic rings. The summed E-state index contributed by atoms with van der Waals surface area (Å²) in [4.78, 5) is 25.8. The van der Waals surface area contributed by atoms with E-state index in [0.717, 1.165) is 11.1 Å². The first-order valence-electron chi connectivity index (χ1n) is 7.23. The molecule has 1 amide bonds. The van der Waals surface area contributed by atoms with Crippen molar-refractivity contribution in [1.82, 2.24) is 4.90 Å². The fraction of sp³-hybridized carbons (Fsp3) is 0.412. The molecule has 0 fully saturated rings. The molecule has 5 nitrogen and oxygen atoms in total. The number of nitrogens with zero attached hydrogens (tertiary/aromatic N) is 1. The van der Waals surface area contributed by atoms with Crippen LogP contribution in [-0.4, -0.2) is 29.7 Å². The van der Waals surface area contributed by atoms with Gasteiger partial charge < -0.3 is 9.47 Å². The second kappa shape index (κ2) is 4.87. The summed E-state index contributed by atoms with van der Waals surface area (Å²) in [6, 6.07) is 5.10. The lowest BCUT2D eigenvalue weighted by molar-refractivity contribution is 0.0196. The summed E-state index contributed by atoms with van der Waals surface area (Å²) in [7, 11) is 1.36. The maximum Gasteiger partial charge on any atom is 0.411 e. The molecule has 2 unspecified atom stereocenters. The summed E-state index contributed by atoms with van der Waals surface area (Å²) < 4.78 is 10.2. The van der Waals surface area contributed by atoms with Gasteiger partial charge in [0.2, 0.25) is 0 Å².